The Morgan fingerprint density at radius 3 is 2.59 bits per heavy atom. The number of amides is 2. The zero-order chi connectivity index (χ0) is 20.9. The highest BCUT2D eigenvalue weighted by atomic mass is 19.4. The third-order valence-electron chi connectivity index (χ3n) is 4.19. The van der Waals surface area contributed by atoms with Crippen molar-refractivity contribution in [1.82, 2.24) is 20.4 Å². The summed E-state index contributed by atoms with van der Waals surface area (Å²) in [6.07, 6.45) is -1.09. The van der Waals surface area contributed by atoms with Crippen LogP contribution in [0.25, 0.3) is 5.69 Å². The third kappa shape index (κ3) is 5.28. The number of carbonyl (C=O) groups is 1. The summed E-state index contributed by atoms with van der Waals surface area (Å²) in [5, 5.41) is 9.23. The van der Waals surface area contributed by atoms with Crippen LogP contribution in [0, 0.1) is 0 Å². The molecular weight excluding hydrogens is 385 g/mol. The average Bonchev–Trinajstić information content (AvgIpc) is 3.25. The smallest absolute Gasteiger partial charge is 0.416 e. The number of hydrogen-bond donors (Lipinski definition) is 2. The molecule has 1 aromatic heterocycles. The van der Waals surface area contributed by atoms with Crippen molar-refractivity contribution in [3.05, 3.63) is 77.6 Å². The number of nitrogens with zero attached hydrogens (tertiary/aromatic N) is 2. The lowest BCUT2D eigenvalue weighted by atomic mass is 10.1. The fourth-order valence-electron chi connectivity index (χ4n) is 2.75. The van der Waals surface area contributed by atoms with Gasteiger partial charge in [0.1, 0.15) is 5.75 Å². The average molecular weight is 404 g/mol. The third-order valence-corrected chi connectivity index (χ3v) is 4.19. The Hall–Kier alpha value is -3.49. The molecule has 0 aliphatic rings. The van der Waals surface area contributed by atoms with E-state index in [1.165, 1.54) is 19.2 Å². The maximum atomic E-state index is 13.2. The number of carbonyl (C=O) groups excluding carboxylic acids is 1. The van der Waals surface area contributed by atoms with Gasteiger partial charge in [-0.25, -0.2) is 9.48 Å². The van der Waals surface area contributed by atoms with Gasteiger partial charge in [0.25, 0.3) is 0 Å². The standard InChI is InChI=1S/C20H19F3N4O2/c1-29-17-7-6-15(18(11-17)20(21,22)23)13-25-19(28)24-12-14-4-2-5-16(10-14)27-9-3-8-26-27/h2-11H,12-13H2,1H3,(H2,24,25,28). The van der Waals surface area contributed by atoms with Gasteiger partial charge in [-0.15, -0.1) is 0 Å². The molecule has 6 nitrogen and oxygen atoms in total. The molecule has 0 spiro atoms. The van der Waals surface area contributed by atoms with E-state index in [-0.39, 0.29) is 24.4 Å². The number of benzene rings is 2. The number of methoxy groups -OCH3 is 1. The van der Waals surface area contributed by atoms with Crippen LogP contribution in [0.15, 0.2) is 60.9 Å². The normalized spacial score (nSPS) is 11.2. The second kappa shape index (κ2) is 8.68. The van der Waals surface area contributed by atoms with Gasteiger partial charge in [0.05, 0.1) is 18.4 Å². The minimum Gasteiger partial charge on any atom is -0.497 e. The summed E-state index contributed by atoms with van der Waals surface area (Å²) in [7, 11) is 1.29. The largest absolute Gasteiger partial charge is 0.497 e. The highest BCUT2D eigenvalue weighted by Gasteiger charge is 2.33. The van der Waals surface area contributed by atoms with Gasteiger partial charge in [0.2, 0.25) is 0 Å². The minimum atomic E-state index is -4.55. The molecule has 0 bridgehead atoms. The molecule has 0 unspecified atom stereocenters. The highest BCUT2D eigenvalue weighted by molar-refractivity contribution is 5.73. The van der Waals surface area contributed by atoms with E-state index in [1.54, 1.807) is 23.1 Å². The molecule has 3 rings (SSSR count). The van der Waals surface area contributed by atoms with Gasteiger partial charge < -0.3 is 15.4 Å². The lowest BCUT2D eigenvalue weighted by Crippen LogP contribution is -2.35. The second-order valence-corrected chi connectivity index (χ2v) is 6.18. The molecule has 2 amide bonds. The van der Waals surface area contributed by atoms with E-state index in [2.05, 4.69) is 15.7 Å². The number of hydrogen-bond acceptors (Lipinski definition) is 3. The van der Waals surface area contributed by atoms with E-state index in [0.717, 1.165) is 17.3 Å². The molecule has 0 aliphatic heterocycles. The Bertz CT molecular complexity index is 972. The number of nitrogens with one attached hydrogen (secondary N) is 2. The number of halogens is 3. The number of urea groups is 1. The molecule has 0 saturated heterocycles. The van der Waals surface area contributed by atoms with Crippen LogP contribution in [-0.4, -0.2) is 22.9 Å². The second-order valence-electron chi connectivity index (χ2n) is 6.18. The van der Waals surface area contributed by atoms with Gasteiger partial charge in [-0.05, 0) is 41.5 Å². The van der Waals surface area contributed by atoms with Crippen LogP contribution >= 0.6 is 0 Å². The van der Waals surface area contributed by atoms with Gasteiger partial charge in [0.15, 0.2) is 0 Å². The van der Waals surface area contributed by atoms with E-state index in [1.807, 2.05) is 24.3 Å². The van der Waals surface area contributed by atoms with Gasteiger partial charge >= 0.3 is 12.2 Å². The molecule has 152 valence electrons. The van der Waals surface area contributed by atoms with Crippen molar-refractivity contribution in [3.8, 4) is 11.4 Å². The van der Waals surface area contributed by atoms with Crippen molar-refractivity contribution in [1.29, 1.82) is 0 Å². The topological polar surface area (TPSA) is 68.2 Å². The summed E-state index contributed by atoms with van der Waals surface area (Å²) in [6.45, 7) is -0.0479. The zero-order valence-corrected chi connectivity index (χ0v) is 15.5. The first-order valence-electron chi connectivity index (χ1n) is 8.71. The molecule has 0 atom stereocenters. The van der Waals surface area contributed by atoms with Crippen LogP contribution in [-0.2, 0) is 19.3 Å². The van der Waals surface area contributed by atoms with E-state index in [0.29, 0.717) is 0 Å². The highest BCUT2D eigenvalue weighted by Crippen LogP contribution is 2.34. The molecule has 1 heterocycles. The summed E-state index contributed by atoms with van der Waals surface area (Å²) in [5.41, 5.74) is 0.773. The monoisotopic (exact) mass is 404 g/mol. The lowest BCUT2D eigenvalue weighted by Gasteiger charge is -2.15. The first-order valence-corrected chi connectivity index (χ1v) is 8.71. The lowest BCUT2D eigenvalue weighted by molar-refractivity contribution is -0.138. The summed E-state index contributed by atoms with van der Waals surface area (Å²) >= 11 is 0. The van der Waals surface area contributed by atoms with E-state index in [9.17, 15) is 18.0 Å². The Morgan fingerprint density at radius 1 is 1.10 bits per heavy atom. The van der Waals surface area contributed by atoms with Gasteiger partial charge in [-0.1, -0.05) is 18.2 Å². The first-order chi connectivity index (χ1) is 13.9. The predicted octanol–water partition coefficient (Wildman–Crippen LogP) is 3.90. The van der Waals surface area contributed by atoms with E-state index in [4.69, 9.17) is 4.74 Å². The summed E-state index contributed by atoms with van der Waals surface area (Å²) in [5.74, 6) is 0.0996. The molecular formula is C20H19F3N4O2. The van der Waals surface area contributed by atoms with Crippen LogP contribution in [0.5, 0.6) is 5.75 Å². The van der Waals surface area contributed by atoms with Crippen molar-refractivity contribution >= 4 is 6.03 Å². The maximum Gasteiger partial charge on any atom is 0.416 e. The summed E-state index contributed by atoms with van der Waals surface area (Å²) in [6, 6.07) is 12.2. The van der Waals surface area contributed by atoms with Crippen LogP contribution in [0.2, 0.25) is 0 Å². The van der Waals surface area contributed by atoms with Crippen molar-refractivity contribution < 1.29 is 22.7 Å². The van der Waals surface area contributed by atoms with Crippen LogP contribution < -0.4 is 15.4 Å². The van der Waals surface area contributed by atoms with Crippen molar-refractivity contribution in [2.24, 2.45) is 0 Å². The number of aromatic nitrogens is 2. The zero-order valence-electron chi connectivity index (χ0n) is 15.5. The first kappa shape index (κ1) is 20.2. The van der Waals surface area contributed by atoms with Crippen molar-refractivity contribution in [3.63, 3.8) is 0 Å². The molecule has 0 radical (unpaired) electrons. The Kier molecular flexibility index (Phi) is 6.06. The Morgan fingerprint density at radius 2 is 1.90 bits per heavy atom. The predicted molar refractivity (Wildman–Crippen MR) is 101 cm³/mol. The Labute approximate surface area is 165 Å². The molecule has 29 heavy (non-hydrogen) atoms. The number of alkyl halides is 3. The van der Waals surface area contributed by atoms with Crippen molar-refractivity contribution in [2.75, 3.05) is 7.11 Å². The molecule has 2 aromatic carbocycles. The summed E-state index contributed by atoms with van der Waals surface area (Å²) in [4.78, 5) is 12.0. The molecule has 0 saturated carbocycles. The summed E-state index contributed by atoms with van der Waals surface area (Å²) < 4.78 is 46.2. The van der Waals surface area contributed by atoms with Crippen LogP contribution in [0.1, 0.15) is 16.7 Å². The molecule has 0 aliphatic carbocycles. The maximum absolute atomic E-state index is 13.2. The molecule has 3 aromatic rings. The number of rotatable bonds is 6. The Balaban J connectivity index is 1.59. The number of ether oxygens (including phenoxy) is 1. The van der Waals surface area contributed by atoms with Crippen molar-refractivity contribution in [2.45, 2.75) is 19.3 Å². The SMILES string of the molecule is COc1ccc(CNC(=O)NCc2cccc(-n3cccn3)c2)c(C(F)(F)F)c1. The van der Waals surface area contributed by atoms with Crippen LogP contribution in [0.4, 0.5) is 18.0 Å². The van der Waals surface area contributed by atoms with E-state index >= 15 is 0 Å². The molecule has 0 fully saturated rings. The van der Waals surface area contributed by atoms with Crippen LogP contribution in [0.3, 0.4) is 0 Å². The fraction of sp³-hybridized carbons (Fsp3) is 0.200. The van der Waals surface area contributed by atoms with E-state index < -0.39 is 17.8 Å². The minimum absolute atomic E-state index is 0.0471. The quantitative estimate of drug-likeness (QED) is 0.655. The fourth-order valence-corrected chi connectivity index (χ4v) is 2.75. The van der Waals surface area contributed by atoms with Gasteiger partial charge in [-0.3, -0.25) is 0 Å². The van der Waals surface area contributed by atoms with Gasteiger partial charge in [-0.2, -0.15) is 18.3 Å². The molecule has 2 N–H and O–H groups in total. The van der Waals surface area contributed by atoms with Gasteiger partial charge in [0, 0.05) is 25.5 Å². The molecule has 9 heteroatoms.